The van der Waals surface area contributed by atoms with Crippen molar-refractivity contribution in [1.82, 2.24) is 0 Å². The van der Waals surface area contributed by atoms with Crippen LogP contribution in [-0.4, -0.2) is 8.42 Å². The molecule has 0 heterocycles. The second-order valence-corrected chi connectivity index (χ2v) is 6.34. The molecule has 0 aromatic heterocycles. The standard InChI is InChI=1S/C12H10BrFN2O2S/c13-11-5-4-9(15)7-12(11)16-19(17,18)10-3-1-2-8(14)6-10/h1-7,16H,15H2. The molecule has 0 saturated carbocycles. The summed E-state index contributed by atoms with van der Waals surface area (Å²) in [6.07, 6.45) is 0. The average molecular weight is 345 g/mol. The molecule has 0 aliphatic heterocycles. The van der Waals surface area contributed by atoms with Gasteiger partial charge in [0.15, 0.2) is 0 Å². The summed E-state index contributed by atoms with van der Waals surface area (Å²) < 4.78 is 40.1. The molecule has 0 spiro atoms. The number of halogens is 2. The molecule has 0 aliphatic rings. The quantitative estimate of drug-likeness (QED) is 0.840. The van der Waals surface area contributed by atoms with Crippen LogP contribution in [0.1, 0.15) is 0 Å². The topological polar surface area (TPSA) is 72.2 Å². The molecular weight excluding hydrogens is 335 g/mol. The van der Waals surface area contributed by atoms with Crippen LogP contribution in [0.5, 0.6) is 0 Å². The van der Waals surface area contributed by atoms with Crippen LogP contribution in [0, 0.1) is 5.82 Å². The van der Waals surface area contributed by atoms with E-state index < -0.39 is 15.8 Å². The third-order valence-corrected chi connectivity index (χ3v) is 4.40. The van der Waals surface area contributed by atoms with Crippen molar-refractivity contribution < 1.29 is 12.8 Å². The Morgan fingerprint density at radius 1 is 1.16 bits per heavy atom. The number of hydrogen-bond donors (Lipinski definition) is 2. The summed E-state index contributed by atoms with van der Waals surface area (Å²) in [5.74, 6) is -0.616. The Morgan fingerprint density at radius 2 is 1.89 bits per heavy atom. The van der Waals surface area contributed by atoms with Crippen LogP contribution >= 0.6 is 15.9 Å². The molecule has 0 radical (unpaired) electrons. The van der Waals surface area contributed by atoms with E-state index in [2.05, 4.69) is 20.7 Å². The lowest BCUT2D eigenvalue weighted by Crippen LogP contribution is -2.13. The molecule has 0 aliphatic carbocycles. The zero-order chi connectivity index (χ0) is 14.0. The summed E-state index contributed by atoms with van der Waals surface area (Å²) in [7, 11) is -3.85. The molecule has 0 bridgehead atoms. The van der Waals surface area contributed by atoms with E-state index in [0.717, 1.165) is 6.07 Å². The number of nitrogens with one attached hydrogen (secondary N) is 1. The van der Waals surface area contributed by atoms with Crippen LogP contribution in [0.4, 0.5) is 15.8 Å². The van der Waals surface area contributed by atoms with Gasteiger partial charge >= 0.3 is 0 Å². The predicted octanol–water partition coefficient (Wildman–Crippen LogP) is 2.97. The van der Waals surface area contributed by atoms with Crippen molar-refractivity contribution in [1.29, 1.82) is 0 Å². The van der Waals surface area contributed by atoms with Crippen molar-refractivity contribution >= 4 is 37.3 Å². The summed E-state index contributed by atoms with van der Waals surface area (Å²) in [5.41, 5.74) is 6.31. The van der Waals surface area contributed by atoms with Gasteiger partial charge in [0, 0.05) is 10.2 Å². The predicted molar refractivity (Wildman–Crippen MR) is 75.8 cm³/mol. The molecule has 0 amide bonds. The van der Waals surface area contributed by atoms with Crippen molar-refractivity contribution in [3.8, 4) is 0 Å². The second-order valence-electron chi connectivity index (χ2n) is 3.80. The summed E-state index contributed by atoms with van der Waals surface area (Å²) in [6.45, 7) is 0. The van der Waals surface area contributed by atoms with Crippen molar-refractivity contribution in [2.45, 2.75) is 4.90 Å². The summed E-state index contributed by atoms with van der Waals surface area (Å²) in [5, 5.41) is 0. The number of sulfonamides is 1. The first kappa shape index (κ1) is 13.8. The van der Waals surface area contributed by atoms with Gasteiger partial charge in [0.1, 0.15) is 5.82 Å². The lowest BCUT2D eigenvalue weighted by molar-refractivity contribution is 0.595. The molecule has 2 aromatic carbocycles. The zero-order valence-electron chi connectivity index (χ0n) is 9.60. The van der Waals surface area contributed by atoms with Gasteiger partial charge in [0.05, 0.1) is 10.6 Å². The highest BCUT2D eigenvalue weighted by atomic mass is 79.9. The van der Waals surface area contributed by atoms with Crippen LogP contribution in [0.15, 0.2) is 51.8 Å². The van der Waals surface area contributed by atoms with Gasteiger partial charge in [-0.2, -0.15) is 0 Å². The zero-order valence-corrected chi connectivity index (χ0v) is 12.0. The Balaban J connectivity index is 2.39. The summed E-state index contributed by atoms with van der Waals surface area (Å²) in [6, 6.07) is 9.49. The molecule has 3 N–H and O–H groups in total. The number of anilines is 2. The van der Waals surface area contributed by atoms with Crippen LogP contribution < -0.4 is 10.5 Å². The minimum absolute atomic E-state index is 0.151. The van der Waals surface area contributed by atoms with E-state index in [1.807, 2.05) is 0 Å². The number of benzene rings is 2. The Bertz CT molecular complexity index is 719. The highest BCUT2D eigenvalue weighted by molar-refractivity contribution is 9.10. The van der Waals surface area contributed by atoms with E-state index in [0.29, 0.717) is 15.8 Å². The molecule has 0 fully saturated rings. The van der Waals surface area contributed by atoms with Gasteiger partial charge in [0.25, 0.3) is 10.0 Å². The fraction of sp³-hybridized carbons (Fsp3) is 0. The number of nitrogen functional groups attached to an aromatic ring is 1. The first-order valence-electron chi connectivity index (χ1n) is 5.22. The molecule has 2 aromatic rings. The van der Waals surface area contributed by atoms with Crippen molar-refractivity contribution in [3.05, 3.63) is 52.8 Å². The maximum atomic E-state index is 13.1. The maximum absolute atomic E-state index is 13.1. The largest absolute Gasteiger partial charge is 0.399 e. The Hall–Kier alpha value is -1.60. The Kier molecular flexibility index (Phi) is 3.77. The highest BCUT2D eigenvalue weighted by Gasteiger charge is 2.16. The first-order valence-corrected chi connectivity index (χ1v) is 7.49. The van der Waals surface area contributed by atoms with Gasteiger partial charge in [-0.15, -0.1) is 0 Å². The van der Waals surface area contributed by atoms with Gasteiger partial charge in [0.2, 0.25) is 0 Å². The first-order chi connectivity index (χ1) is 8.88. The van der Waals surface area contributed by atoms with Crippen molar-refractivity contribution in [2.75, 3.05) is 10.5 Å². The molecule has 100 valence electrons. The van der Waals surface area contributed by atoms with E-state index in [1.54, 1.807) is 12.1 Å². The third-order valence-electron chi connectivity index (χ3n) is 2.34. The molecule has 0 atom stereocenters. The highest BCUT2D eigenvalue weighted by Crippen LogP contribution is 2.27. The monoisotopic (exact) mass is 344 g/mol. The normalized spacial score (nSPS) is 11.3. The van der Waals surface area contributed by atoms with Crippen LogP contribution in [0.2, 0.25) is 0 Å². The fourth-order valence-corrected chi connectivity index (χ4v) is 3.04. The maximum Gasteiger partial charge on any atom is 0.262 e. The molecule has 2 rings (SSSR count). The van der Waals surface area contributed by atoms with Crippen molar-refractivity contribution in [3.63, 3.8) is 0 Å². The average Bonchev–Trinajstić information content (AvgIpc) is 2.33. The summed E-state index contributed by atoms with van der Waals surface area (Å²) in [4.78, 5) is -0.151. The van der Waals surface area contributed by atoms with Crippen LogP contribution in [0.25, 0.3) is 0 Å². The van der Waals surface area contributed by atoms with Gasteiger partial charge in [-0.25, -0.2) is 12.8 Å². The SMILES string of the molecule is Nc1ccc(Br)c(NS(=O)(=O)c2cccc(F)c2)c1. The Labute approximate surface area is 118 Å². The lowest BCUT2D eigenvalue weighted by Gasteiger charge is -2.10. The number of rotatable bonds is 3. The van der Waals surface area contributed by atoms with Crippen molar-refractivity contribution in [2.24, 2.45) is 0 Å². The van der Waals surface area contributed by atoms with Gasteiger partial charge in [-0.3, -0.25) is 4.72 Å². The minimum Gasteiger partial charge on any atom is -0.399 e. The van der Waals surface area contributed by atoms with Gasteiger partial charge in [-0.05, 0) is 52.3 Å². The smallest absolute Gasteiger partial charge is 0.262 e. The number of nitrogens with two attached hydrogens (primary N) is 1. The second kappa shape index (κ2) is 5.18. The summed E-state index contributed by atoms with van der Waals surface area (Å²) >= 11 is 3.21. The Morgan fingerprint density at radius 3 is 2.58 bits per heavy atom. The van der Waals surface area contributed by atoms with Crippen LogP contribution in [-0.2, 0) is 10.0 Å². The molecule has 0 saturated heterocycles. The van der Waals surface area contributed by atoms with E-state index in [1.165, 1.54) is 24.3 Å². The third kappa shape index (κ3) is 3.24. The molecule has 4 nitrogen and oxygen atoms in total. The van der Waals surface area contributed by atoms with E-state index in [-0.39, 0.29) is 4.90 Å². The fourth-order valence-electron chi connectivity index (χ4n) is 1.46. The minimum atomic E-state index is -3.85. The molecular formula is C12H10BrFN2O2S. The molecule has 7 heteroatoms. The van der Waals surface area contributed by atoms with Gasteiger partial charge in [-0.1, -0.05) is 6.07 Å². The molecule has 0 unspecified atom stereocenters. The van der Waals surface area contributed by atoms with Crippen LogP contribution in [0.3, 0.4) is 0 Å². The molecule has 19 heavy (non-hydrogen) atoms. The lowest BCUT2D eigenvalue weighted by atomic mass is 10.3. The van der Waals surface area contributed by atoms with E-state index >= 15 is 0 Å². The van der Waals surface area contributed by atoms with Gasteiger partial charge < -0.3 is 5.73 Å². The van der Waals surface area contributed by atoms with E-state index in [4.69, 9.17) is 5.73 Å². The number of hydrogen-bond acceptors (Lipinski definition) is 3. The van der Waals surface area contributed by atoms with E-state index in [9.17, 15) is 12.8 Å².